The maximum atomic E-state index is 10.7. The number of benzene rings is 1. The third-order valence-electron chi connectivity index (χ3n) is 2.33. The first kappa shape index (κ1) is 12.8. The normalized spacial score (nSPS) is 11.4. The Morgan fingerprint density at radius 3 is 2.82 bits per heavy atom. The molecule has 90 valence electrons. The highest BCUT2D eigenvalue weighted by atomic mass is 16.6. The van der Waals surface area contributed by atoms with Crippen molar-refractivity contribution < 1.29 is 9.66 Å². The Hall–Kier alpha value is -2.22. The van der Waals surface area contributed by atoms with Gasteiger partial charge in [-0.3, -0.25) is 10.1 Å². The van der Waals surface area contributed by atoms with Crippen LogP contribution in [0.25, 0.3) is 0 Å². The molecule has 0 heterocycles. The number of anilines is 1. The summed E-state index contributed by atoms with van der Waals surface area (Å²) in [5.41, 5.74) is 0.643. The lowest BCUT2D eigenvalue weighted by Crippen LogP contribution is -2.15. The molecule has 0 saturated carbocycles. The van der Waals surface area contributed by atoms with E-state index < -0.39 is 4.92 Å². The molecule has 0 aliphatic rings. The summed E-state index contributed by atoms with van der Waals surface area (Å²) in [4.78, 5) is 10.2. The summed E-state index contributed by atoms with van der Waals surface area (Å²) in [5, 5.41) is 13.8. The van der Waals surface area contributed by atoms with Gasteiger partial charge in [0.05, 0.1) is 18.1 Å². The first-order chi connectivity index (χ1) is 8.12. The van der Waals surface area contributed by atoms with Crippen molar-refractivity contribution in [2.45, 2.75) is 19.4 Å². The van der Waals surface area contributed by atoms with Gasteiger partial charge in [0, 0.05) is 17.8 Å². The molecular weight excluding hydrogens is 220 g/mol. The number of nitro groups is 1. The maximum Gasteiger partial charge on any atom is 0.311 e. The lowest BCUT2D eigenvalue weighted by Gasteiger charge is -2.12. The van der Waals surface area contributed by atoms with Crippen LogP contribution in [0, 0.1) is 22.5 Å². The van der Waals surface area contributed by atoms with Gasteiger partial charge in [-0.05, 0) is 12.5 Å². The third-order valence-corrected chi connectivity index (χ3v) is 2.33. The minimum absolute atomic E-state index is 0.0631. The summed E-state index contributed by atoms with van der Waals surface area (Å²) in [6.45, 7) is 1.96. The van der Waals surface area contributed by atoms with Crippen molar-refractivity contribution in [3.63, 3.8) is 0 Å². The van der Waals surface area contributed by atoms with Gasteiger partial charge in [-0.25, -0.2) is 0 Å². The summed E-state index contributed by atoms with van der Waals surface area (Å²) in [6, 6.07) is 4.48. The Morgan fingerprint density at radius 2 is 2.35 bits per heavy atom. The van der Waals surface area contributed by atoms with E-state index in [0.717, 1.165) is 6.42 Å². The van der Waals surface area contributed by atoms with E-state index >= 15 is 0 Å². The van der Waals surface area contributed by atoms with Crippen molar-refractivity contribution in [1.29, 1.82) is 0 Å². The highest BCUT2D eigenvalue weighted by Crippen LogP contribution is 2.29. The number of rotatable bonds is 5. The van der Waals surface area contributed by atoms with Crippen molar-refractivity contribution >= 4 is 11.4 Å². The molecule has 0 radical (unpaired) electrons. The van der Waals surface area contributed by atoms with Crippen molar-refractivity contribution in [2.75, 3.05) is 12.4 Å². The maximum absolute atomic E-state index is 10.7. The molecule has 0 fully saturated rings. The van der Waals surface area contributed by atoms with Crippen LogP contribution in [0.4, 0.5) is 11.4 Å². The van der Waals surface area contributed by atoms with Crippen molar-refractivity contribution in [2.24, 2.45) is 0 Å². The lowest BCUT2D eigenvalue weighted by atomic mass is 10.2. The van der Waals surface area contributed by atoms with E-state index in [1.807, 2.05) is 6.92 Å². The van der Waals surface area contributed by atoms with E-state index in [4.69, 9.17) is 11.2 Å². The topological polar surface area (TPSA) is 64.4 Å². The van der Waals surface area contributed by atoms with E-state index in [1.165, 1.54) is 13.2 Å². The van der Waals surface area contributed by atoms with Gasteiger partial charge in [-0.1, -0.05) is 12.8 Å². The van der Waals surface area contributed by atoms with E-state index in [1.54, 1.807) is 12.1 Å². The standard InChI is InChI=1S/C12H14N2O3/c1-4-9(5-2)13-10-6-7-11(14(15)16)12(8-10)17-3/h1,6-9,13H,5H2,2-3H3. The molecule has 1 aromatic rings. The molecule has 1 aromatic carbocycles. The monoisotopic (exact) mass is 234 g/mol. The van der Waals surface area contributed by atoms with Crippen LogP contribution in [-0.4, -0.2) is 18.1 Å². The molecule has 0 bridgehead atoms. The number of terminal acetylenes is 1. The highest BCUT2D eigenvalue weighted by molar-refractivity contribution is 5.58. The molecule has 0 saturated heterocycles. The summed E-state index contributed by atoms with van der Waals surface area (Å²) in [5.74, 6) is 2.80. The predicted molar refractivity (Wildman–Crippen MR) is 66.2 cm³/mol. The number of methoxy groups -OCH3 is 1. The van der Waals surface area contributed by atoms with Crippen LogP contribution < -0.4 is 10.1 Å². The van der Waals surface area contributed by atoms with Crippen LogP contribution in [-0.2, 0) is 0 Å². The number of hydrogen-bond donors (Lipinski definition) is 1. The Kier molecular flexibility index (Phi) is 4.35. The van der Waals surface area contributed by atoms with Crippen molar-refractivity contribution in [3.8, 4) is 18.1 Å². The van der Waals surface area contributed by atoms with Crippen LogP contribution in [0.2, 0.25) is 0 Å². The number of ether oxygens (including phenoxy) is 1. The SMILES string of the molecule is C#CC(CC)Nc1ccc([N+](=O)[O-])c(OC)c1. The number of nitro benzene ring substituents is 1. The van der Waals surface area contributed by atoms with Gasteiger partial charge in [-0.2, -0.15) is 0 Å². The fourth-order valence-corrected chi connectivity index (χ4v) is 1.38. The number of nitrogens with zero attached hydrogens (tertiary/aromatic N) is 1. The summed E-state index contributed by atoms with van der Waals surface area (Å²) >= 11 is 0. The average Bonchev–Trinajstić information content (AvgIpc) is 2.35. The predicted octanol–water partition coefficient (Wildman–Crippen LogP) is 2.43. The number of nitrogens with one attached hydrogen (secondary N) is 1. The van der Waals surface area contributed by atoms with Crippen molar-refractivity contribution in [1.82, 2.24) is 0 Å². The first-order valence-electron chi connectivity index (χ1n) is 5.17. The molecule has 1 unspecified atom stereocenters. The van der Waals surface area contributed by atoms with Crippen LogP contribution >= 0.6 is 0 Å². The largest absolute Gasteiger partial charge is 0.490 e. The summed E-state index contributed by atoms with van der Waals surface area (Å²) in [6.07, 6.45) is 6.10. The molecule has 0 aliphatic carbocycles. The average molecular weight is 234 g/mol. The Labute approximate surface area is 99.9 Å². The highest BCUT2D eigenvalue weighted by Gasteiger charge is 2.15. The van der Waals surface area contributed by atoms with Gasteiger partial charge >= 0.3 is 5.69 Å². The fourth-order valence-electron chi connectivity index (χ4n) is 1.38. The van der Waals surface area contributed by atoms with E-state index in [2.05, 4.69) is 11.2 Å². The molecule has 17 heavy (non-hydrogen) atoms. The van der Waals surface area contributed by atoms with Gasteiger partial charge in [0.25, 0.3) is 0 Å². The van der Waals surface area contributed by atoms with Gasteiger partial charge in [0.2, 0.25) is 0 Å². The zero-order valence-corrected chi connectivity index (χ0v) is 9.77. The first-order valence-corrected chi connectivity index (χ1v) is 5.17. The molecule has 5 heteroatoms. The number of hydrogen-bond acceptors (Lipinski definition) is 4. The Balaban J connectivity index is 2.98. The van der Waals surface area contributed by atoms with E-state index in [0.29, 0.717) is 5.69 Å². The molecule has 0 aromatic heterocycles. The second kappa shape index (κ2) is 5.75. The zero-order valence-electron chi connectivity index (χ0n) is 9.77. The molecule has 1 rings (SSSR count). The van der Waals surface area contributed by atoms with Crippen LogP contribution in [0.3, 0.4) is 0 Å². The fraction of sp³-hybridized carbons (Fsp3) is 0.333. The van der Waals surface area contributed by atoms with E-state index in [9.17, 15) is 10.1 Å². The molecule has 0 spiro atoms. The quantitative estimate of drug-likeness (QED) is 0.482. The molecule has 5 nitrogen and oxygen atoms in total. The third kappa shape index (κ3) is 3.11. The molecule has 0 amide bonds. The molecule has 1 atom stereocenters. The van der Waals surface area contributed by atoms with Gasteiger partial charge < -0.3 is 10.1 Å². The van der Waals surface area contributed by atoms with Gasteiger partial charge in [0.1, 0.15) is 0 Å². The van der Waals surface area contributed by atoms with Gasteiger partial charge in [0.15, 0.2) is 5.75 Å². The Bertz CT molecular complexity index is 452. The van der Waals surface area contributed by atoms with Crippen LogP contribution in [0.15, 0.2) is 18.2 Å². The molecule has 0 aliphatic heterocycles. The second-order valence-electron chi connectivity index (χ2n) is 3.42. The summed E-state index contributed by atoms with van der Waals surface area (Å²) < 4.78 is 4.96. The van der Waals surface area contributed by atoms with Gasteiger partial charge in [-0.15, -0.1) is 6.42 Å². The molecular formula is C12H14N2O3. The van der Waals surface area contributed by atoms with Crippen LogP contribution in [0.1, 0.15) is 13.3 Å². The lowest BCUT2D eigenvalue weighted by molar-refractivity contribution is -0.385. The van der Waals surface area contributed by atoms with Crippen LogP contribution in [0.5, 0.6) is 5.75 Å². The van der Waals surface area contributed by atoms with E-state index in [-0.39, 0.29) is 17.5 Å². The zero-order chi connectivity index (χ0) is 12.8. The smallest absolute Gasteiger partial charge is 0.311 e. The summed E-state index contributed by atoms with van der Waals surface area (Å²) in [7, 11) is 1.39. The minimum Gasteiger partial charge on any atom is -0.490 e. The second-order valence-corrected chi connectivity index (χ2v) is 3.42. The molecule has 1 N–H and O–H groups in total. The van der Waals surface area contributed by atoms with Crippen molar-refractivity contribution in [3.05, 3.63) is 28.3 Å². The minimum atomic E-state index is -0.485. The Morgan fingerprint density at radius 1 is 1.65 bits per heavy atom.